The summed E-state index contributed by atoms with van der Waals surface area (Å²) in [5.41, 5.74) is 0. The van der Waals surface area contributed by atoms with Gasteiger partial charge >= 0.3 is 0 Å². The number of hydrogen-bond donors (Lipinski definition) is 2. The summed E-state index contributed by atoms with van der Waals surface area (Å²) in [5.74, 6) is 1.67. The van der Waals surface area contributed by atoms with Gasteiger partial charge in [-0.15, -0.1) is 0 Å². The van der Waals surface area contributed by atoms with Crippen molar-refractivity contribution in [3.8, 4) is 0 Å². The summed E-state index contributed by atoms with van der Waals surface area (Å²) in [6.07, 6.45) is 0.778. The normalized spacial score (nSPS) is 18.9. The second kappa shape index (κ2) is 9.17. The topological polar surface area (TPSA) is 70.7 Å². The second-order valence-corrected chi connectivity index (χ2v) is 5.62. The number of nitrogens with zero attached hydrogens (tertiary/aromatic N) is 1. The summed E-state index contributed by atoms with van der Waals surface area (Å²) >= 11 is 1.76. The van der Waals surface area contributed by atoms with E-state index in [1.807, 2.05) is 0 Å². The van der Waals surface area contributed by atoms with Crippen LogP contribution in [0.25, 0.3) is 0 Å². The van der Waals surface area contributed by atoms with Gasteiger partial charge in [-0.25, -0.2) is 0 Å². The zero-order valence-electron chi connectivity index (χ0n) is 11.6. The van der Waals surface area contributed by atoms with Gasteiger partial charge in [0, 0.05) is 45.4 Å². The van der Waals surface area contributed by atoms with Crippen molar-refractivity contribution in [2.75, 3.05) is 51.9 Å². The molecule has 7 heteroatoms. The zero-order valence-corrected chi connectivity index (χ0v) is 12.4. The molecule has 19 heavy (non-hydrogen) atoms. The Kier molecular flexibility index (Phi) is 7.85. The first-order valence-electron chi connectivity index (χ1n) is 6.47. The number of nitrogens with one attached hydrogen (secondary N) is 2. The highest BCUT2D eigenvalue weighted by Gasteiger charge is 2.24. The Balaban J connectivity index is 2.22. The molecule has 1 heterocycles. The molecule has 1 aliphatic heterocycles. The van der Waals surface area contributed by atoms with Crippen LogP contribution in [0.3, 0.4) is 0 Å². The predicted octanol–water partition coefficient (Wildman–Crippen LogP) is -0.697. The average Bonchev–Trinajstić information content (AvgIpc) is 2.43. The first-order valence-corrected chi connectivity index (χ1v) is 7.62. The van der Waals surface area contributed by atoms with Gasteiger partial charge in [0.15, 0.2) is 0 Å². The second-order valence-electron chi connectivity index (χ2n) is 4.47. The Morgan fingerprint density at radius 3 is 2.95 bits per heavy atom. The third-order valence-electron chi connectivity index (χ3n) is 2.82. The van der Waals surface area contributed by atoms with E-state index in [2.05, 4.69) is 10.6 Å². The number of rotatable bonds is 7. The van der Waals surface area contributed by atoms with E-state index in [1.165, 1.54) is 4.90 Å². The van der Waals surface area contributed by atoms with E-state index in [1.54, 1.807) is 25.9 Å². The summed E-state index contributed by atoms with van der Waals surface area (Å²) in [6.45, 7) is 2.15. The van der Waals surface area contributed by atoms with Gasteiger partial charge in [0.1, 0.15) is 0 Å². The van der Waals surface area contributed by atoms with Crippen LogP contribution in [-0.2, 0) is 14.3 Å². The van der Waals surface area contributed by atoms with Crippen molar-refractivity contribution < 1.29 is 14.3 Å². The summed E-state index contributed by atoms with van der Waals surface area (Å²) in [4.78, 5) is 25.2. The summed E-state index contributed by atoms with van der Waals surface area (Å²) in [7, 11) is 3.29. The van der Waals surface area contributed by atoms with Gasteiger partial charge in [-0.1, -0.05) is 0 Å². The Morgan fingerprint density at radius 2 is 2.32 bits per heavy atom. The Labute approximate surface area is 118 Å². The largest absolute Gasteiger partial charge is 0.385 e. The maximum absolute atomic E-state index is 12.1. The third kappa shape index (κ3) is 6.26. The maximum atomic E-state index is 12.1. The van der Waals surface area contributed by atoms with Crippen molar-refractivity contribution in [2.45, 2.75) is 12.5 Å². The molecule has 1 saturated heterocycles. The molecule has 0 aromatic carbocycles. The minimum Gasteiger partial charge on any atom is -0.385 e. The number of carbonyl (C=O) groups is 2. The van der Waals surface area contributed by atoms with E-state index in [9.17, 15) is 9.59 Å². The molecule has 0 aromatic heterocycles. The highest BCUT2D eigenvalue weighted by atomic mass is 32.2. The maximum Gasteiger partial charge on any atom is 0.240 e. The van der Waals surface area contributed by atoms with Gasteiger partial charge in [-0.05, 0) is 6.42 Å². The minimum absolute atomic E-state index is 0.0146. The lowest BCUT2D eigenvalue weighted by atomic mass is 10.3. The molecule has 0 aliphatic carbocycles. The molecule has 0 bridgehead atoms. The van der Waals surface area contributed by atoms with E-state index >= 15 is 0 Å². The van der Waals surface area contributed by atoms with Gasteiger partial charge < -0.3 is 20.3 Å². The fraction of sp³-hybridized carbons (Fsp3) is 0.833. The lowest BCUT2D eigenvalue weighted by Crippen LogP contribution is -2.51. The molecule has 110 valence electrons. The van der Waals surface area contributed by atoms with Crippen LogP contribution in [-0.4, -0.2) is 74.7 Å². The standard InChI is InChI=1S/C12H23N3O3S/c1-15(8-11(16)14-4-3-6-18-2)12(17)10-9-19-7-5-13-10/h10,13H,3-9H2,1-2H3,(H,14,16). The van der Waals surface area contributed by atoms with Crippen LogP contribution in [0.5, 0.6) is 0 Å². The van der Waals surface area contributed by atoms with Crippen molar-refractivity contribution in [3.63, 3.8) is 0 Å². The molecule has 2 N–H and O–H groups in total. The molecule has 0 radical (unpaired) electrons. The van der Waals surface area contributed by atoms with E-state index in [-0.39, 0.29) is 24.4 Å². The molecule has 0 spiro atoms. The van der Waals surface area contributed by atoms with Crippen molar-refractivity contribution >= 4 is 23.6 Å². The van der Waals surface area contributed by atoms with Gasteiger partial charge in [0.25, 0.3) is 0 Å². The Hall–Kier alpha value is -0.790. The van der Waals surface area contributed by atoms with E-state index in [0.717, 1.165) is 24.5 Å². The van der Waals surface area contributed by atoms with Crippen LogP contribution >= 0.6 is 11.8 Å². The quantitative estimate of drug-likeness (QED) is 0.607. The number of amides is 2. The van der Waals surface area contributed by atoms with Crippen molar-refractivity contribution in [2.24, 2.45) is 0 Å². The van der Waals surface area contributed by atoms with Crippen LogP contribution < -0.4 is 10.6 Å². The molecule has 1 unspecified atom stereocenters. The van der Waals surface area contributed by atoms with Gasteiger partial charge in [0.05, 0.1) is 12.6 Å². The third-order valence-corrected chi connectivity index (χ3v) is 3.89. The predicted molar refractivity (Wildman–Crippen MR) is 76.3 cm³/mol. The molecule has 1 rings (SSSR count). The average molecular weight is 289 g/mol. The number of hydrogen-bond acceptors (Lipinski definition) is 5. The first kappa shape index (κ1) is 16.3. The highest BCUT2D eigenvalue weighted by Crippen LogP contribution is 2.09. The van der Waals surface area contributed by atoms with Crippen molar-refractivity contribution in [3.05, 3.63) is 0 Å². The fourth-order valence-electron chi connectivity index (χ4n) is 1.78. The molecule has 2 amide bonds. The number of ether oxygens (including phenoxy) is 1. The Bertz CT molecular complexity index is 296. The minimum atomic E-state index is -0.162. The van der Waals surface area contributed by atoms with Crippen molar-refractivity contribution in [1.82, 2.24) is 15.5 Å². The molecule has 0 saturated carbocycles. The summed E-state index contributed by atoms with van der Waals surface area (Å²) in [5, 5.41) is 5.94. The molecule has 1 fully saturated rings. The van der Waals surface area contributed by atoms with Crippen LogP contribution in [0.15, 0.2) is 0 Å². The van der Waals surface area contributed by atoms with Crippen molar-refractivity contribution in [1.29, 1.82) is 0 Å². The highest BCUT2D eigenvalue weighted by molar-refractivity contribution is 7.99. The molecule has 1 aliphatic rings. The number of likely N-dealkylation sites (N-methyl/N-ethyl adjacent to an activating group) is 1. The summed E-state index contributed by atoms with van der Waals surface area (Å²) < 4.78 is 4.90. The van der Waals surface area contributed by atoms with Crippen LogP contribution in [0, 0.1) is 0 Å². The fourth-order valence-corrected chi connectivity index (χ4v) is 2.71. The molecule has 6 nitrogen and oxygen atoms in total. The van der Waals surface area contributed by atoms with Gasteiger partial charge in [-0.2, -0.15) is 11.8 Å². The monoisotopic (exact) mass is 289 g/mol. The van der Waals surface area contributed by atoms with Crippen LogP contribution in [0.4, 0.5) is 0 Å². The number of methoxy groups -OCH3 is 1. The molecular formula is C12H23N3O3S. The van der Waals surface area contributed by atoms with E-state index in [4.69, 9.17) is 4.74 Å². The van der Waals surface area contributed by atoms with Gasteiger partial charge in [-0.3, -0.25) is 9.59 Å². The molecule has 0 aromatic rings. The van der Waals surface area contributed by atoms with E-state index < -0.39 is 0 Å². The van der Waals surface area contributed by atoms with Gasteiger partial charge in [0.2, 0.25) is 11.8 Å². The number of carbonyl (C=O) groups excluding carboxylic acids is 2. The molecular weight excluding hydrogens is 266 g/mol. The number of thioether (sulfide) groups is 1. The molecule has 1 atom stereocenters. The van der Waals surface area contributed by atoms with Crippen LogP contribution in [0.2, 0.25) is 0 Å². The first-order chi connectivity index (χ1) is 9.15. The SMILES string of the molecule is COCCCNC(=O)CN(C)C(=O)C1CSCCN1. The smallest absolute Gasteiger partial charge is 0.240 e. The van der Waals surface area contributed by atoms with Crippen LogP contribution in [0.1, 0.15) is 6.42 Å². The zero-order chi connectivity index (χ0) is 14.1. The van der Waals surface area contributed by atoms with E-state index in [0.29, 0.717) is 13.2 Å². The lowest BCUT2D eigenvalue weighted by molar-refractivity contribution is -0.136. The summed E-state index contributed by atoms with van der Waals surface area (Å²) in [6, 6.07) is -0.162. The Morgan fingerprint density at radius 1 is 1.53 bits per heavy atom. The lowest BCUT2D eigenvalue weighted by Gasteiger charge is -2.26.